The van der Waals surface area contributed by atoms with Gasteiger partial charge in [-0.2, -0.15) is 0 Å². The van der Waals surface area contributed by atoms with Crippen molar-refractivity contribution in [2.75, 3.05) is 0 Å². The third-order valence-corrected chi connectivity index (χ3v) is 4.41. The molecule has 3 aromatic carbocycles. The summed E-state index contributed by atoms with van der Waals surface area (Å²) in [5, 5.41) is 2.47. The Morgan fingerprint density at radius 3 is 2.35 bits per heavy atom. The molecular weight excluding hydrogens is 332 g/mol. The molecule has 0 amide bonds. The third-order valence-electron chi connectivity index (χ3n) is 3.49. The number of halogens is 2. The SMILES string of the molecule is ClC(Cc1ccc(Br)cc1)c1cccc2ccccc12. The van der Waals surface area contributed by atoms with Crippen molar-refractivity contribution in [2.45, 2.75) is 11.8 Å². The Bertz CT molecular complexity index is 714. The Hall–Kier alpha value is -1.31. The monoisotopic (exact) mass is 344 g/mol. The predicted octanol–water partition coefficient (Wildman–Crippen LogP) is 6.12. The molecule has 0 fully saturated rings. The second-order valence-electron chi connectivity index (χ2n) is 4.87. The molecule has 0 saturated carbocycles. The van der Waals surface area contributed by atoms with E-state index in [9.17, 15) is 0 Å². The molecule has 1 unspecified atom stereocenters. The van der Waals surface area contributed by atoms with E-state index < -0.39 is 0 Å². The maximum Gasteiger partial charge on any atom is 0.0631 e. The van der Waals surface area contributed by atoms with Gasteiger partial charge in [0.25, 0.3) is 0 Å². The molecule has 0 saturated heterocycles. The van der Waals surface area contributed by atoms with Gasteiger partial charge in [-0.1, -0.05) is 70.5 Å². The van der Waals surface area contributed by atoms with Gasteiger partial charge in [-0.3, -0.25) is 0 Å². The van der Waals surface area contributed by atoms with Crippen molar-refractivity contribution in [2.24, 2.45) is 0 Å². The van der Waals surface area contributed by atoms with Crippen LogP contribution in [0, 0.1) is 0 Å². The van der Waals surface area contributed by atoms with Gasteiger partial charge < -0.3 is 0 Å². The van der Waals surface area contributed by atoms with E-state index in [1.165, 1.54) is 21.9 Å². The summed E-state index contributed by atoms with van der Waals surface area (Å²) in [6, 6.07) is 23.1. The van der Waals surface area contributed by atoms with E-state index in [2.05, 4.69) is 82.7 Å². The lowest BCUT2D eigenvalue weighted by Crippen LogP contribution is -1.97. The van der Waals surface area contributed by atoms with E-state index in [4.69, 9.17) is 11.6 Å². The molecule has 3 aromatic rings. The van der Waals surface area contributed by atoms with Gasteiger partial charge in [0.05, 0.1) is 5.38 Å². The molecule has 1 atom stereocenters. The van der Waals surface area contributed by atoms with Gasteiger partial charge in [-0.15, -0.1) is 11.6 Å². The average molecular weight is 346 g/mol. The lowest BCUT2D eigenvalue weighted by atomic mass is 9.98. The molecule has 3 rings (SSSR count). The smallest absolute Gasteiger partial charge is 0.0631 e. The van der Waals surface area contributed by atoms with Gasteiger partial charge in [0.2, 0.25) is 0 Å². The Balaban J connectivity index is 1.92. The molecule has 100 valence electrons. The summed E-state index contributed by atoms with van der Waals surface area (Å²) in [5.74, 6) is 0. The third kappa shape index (κ3) is 2.89. The van der Waals surface area contributed by atoms with Gasteiger partial charge in [0.1, 0.15) is 0 Å². The quantitative estimate of drug-likeness (QED) is 0.501. The van der Waals surface area contributed by atoms with Crippen LogP contribution < -0.4 is 0 Å². The van der Waals surface area contributed by atoms with Crippen LogP contribution >= 0.6 is 27.5 Å². The second-order valence-corrected chi connectivity index (χ2v) is 6.31. The van der Waals surface area contributed by atoms with E-state index in [-0.39, 0.29) is 5.38 Å². The zero-order chi connectivity index (χ0) is 13.9. The molecular formula is C18H14BrCl. The Labute approximate surface area is 132 Å². The van der Waals surface area contributed by atoms with E-state index >= 15 is 0 Å². The van der Waals surface area contributed by atoms with Gasteiger partial charge in [0, 0.05) is 4.47 Å². The molecule has 20 heavy (non-hydrogen) atoms. The first-order chi connectivity index (χ1) is 9.74. The summed E-state index contributed by atoms with van der Waals surface area (Å²) in [6.07, 6.45) is 0.836. The van der Waals surface area contributed by atoms with Gasteiger partial charge in [-0.25, -0.2) is 0 Å². The highest BCUT2D eigenvalue weighted by molar-refractivity contribution is 9.10. The van der Waals surface area contributed by atoms with Crippen LogP contribution in [0.1, 0.15) is 16.5 Å². The van der Waals surface area contributed by atoms with Crippen molar-refractivity contribution >= 4 is 38.3 Å². The zero-order valence-corrected chi connectivity index (χ0v) is 13.2. The van der Waals surface area contributed by atoms with Crippen molar-refractivity contribution in [1.29, 1.82) is 0 Å². The first-order valence-corrected chi connectivity index (χ1v) is 7.83. The van der Waals surface area contributed by atoms with Crippen LogP contribution in [0.3, 0.4) is 0 Å². The Morgan fingerprint density at radius 2 is 1.55 bits per heavy atom. The molecule has 0 aliphatic rings. The Kier molecular flexibility index (Phi) is 4.09. The molecule has 0 aliphatic carbocycles. The maximum absolute atomic E-state index is 6.65. The fourth-order valence-corrected chi connectivity index (χ4v) is 3.09. The van der Waals surface area contributed by atoms with Crippen LogP contribution in [0.5, 0.6) is 0 Å². The van der Waals surface area contributed by atoms with E-state index in [1.54, 1.807) is 0 Å². The van der Waals surface area contributed by atoms with Crippen LogP contribution in [0.4, 0.5) is 0 Å². The summed E-state index contributed by atoms with van der Waals surface area (Å²) in [7, 11) is 0. The highest BCUT2D eigenvalue weighted by atomic mass is 79.9. The molecule has 0 heterocycles. The highest BCUT2D eigenvalue weighted by Crippen LogP contribution is 2.31. The number of alkyl halides is 1. The van der Waals surface area contributed by atoms with Crippen LogP contribution in [-0.4, -0.2) is 0 Å². The normalized spacial score (nSPS) is 12.5. The first kappa shape index (κ1) is 13.7. The molecule has 0 radical (unpaired) electrons. The minimum Gasteiger partial charge on any atom is -0.117 e. The van der Waals surface area contributed by atoms with Crippen molar-refractivity contribution in [3.8, 4) is 0 Å². The molecule has 0 spiro atoms. The minimum absolute atomic E-state index is 0.0118. The highest BCUT2D eigenvalue weighted by Gasteiger charge is 2.12. The van der Waals surface area contributed by atoms with Crippen LogP contribution in [0.25, 0.3) is 10.8 Å². The summed E-state index contributed by atoms with van der Waals surface area (Å²) in [6.45, 7) is 0. The summed E-state index contributed by atoms with van der Waals surface area (Å²) in [4.78, 5) is 0. The largest absolute Gasteiger partial charge is 0.117 e. The van der Waals surface area contributed by atoms with Crippen molar-refractivity contribution in [3.63, 3.8) is 0 Å². The number of hydrogen-bond donors (Lipinski definition) is 0. The van der Waals surface area contributed by atoms with E-state index in [0.29, 0.717) is 0 Å². The summed E-state index contributed by atoms with van der Waals surface area (Å²) >= 11 is 10.1. The van der Waals surface area contributed by atoms with Crippen LogP contribution in [-0.2, 0) is 6.42 Å². The number of rotatable bonds is 3. The molecule has 0 nitrogen and oxygen atoms in total. The fraction of sp³-hybridized carbons (Fsp3) is 0.111. The molecule has 0 N–H and O–H groups in total. The average Bonchev–Trinajstić information content (AvgIpc) is 2.49. The van der Waals surface area contributed by atoms with Crippen molar-refractivity contribution in [3.05, 3.63) is 82.3 Å². The molecule has 0 aromatic heterocycles. The molecule has 0 bridgehead atoms. The fourth-order valence-electron chi connectivity index (χ4n) is 2.46. The maximum atomic E-state index is 6.65. The lowest BCUT2D eigenvalue weighted by Gasteiger charge is -2.13. The van der Waals surface area contributed by atoms with Crippen LogP contribution in [0.15, 0.2) is 71.2 Å². The number of hydrogen-bond acceptors (Lipinski definition) is 0. The van der Waals surface area contributed by atoms with Crippen molar-refractivity contribution < 1.29 is 0 Å². The minimum atomic E-state index is -0.0118. The number of benzene rings is 3. The van der Waals surface area contributed by atoms with E-state index in [0.717, 1.165) is 10.9 Å². The van der Waals surface area contributed by atoms with Gasteiger partial charge in [0.15, 0.2) is 0 Å². The van der Waals surface area contributed by atoms with Gasteiger partial charge in [-0.05, 0) is 40.5 Å². The Morgan fingerprint density at radius 1 is 0.850 bits per heavy atom. The van der Waals surface area contributed by atoms with Gasteiger partial charge >= 0.3 is 0 Å². The zero-order valence-electron chi connectivity index (χ0n) is 10.9. The number of fused-ring (bicyclic) bond motifs is 1. The van der Waals surface area contributed by atoms with E-state index in [1.807, 2.05) is 0 Å². The summed E-state index contributed by atoms with van der Waals surface area (Å²) < 4.78 is 1.09. The molecule has 2 heteroatoms. The standard InChI is InChI=1S/C18H14BrCl/c19-15-10-8-13(9-11-15)12-18(20)17-7-3-5-14-4-1-2-6-16(14)17/h1-11,18H,12H2. The topological polar surface area (TPSA) is 0 Å². The predicted molar refractivity (Wildman–Crippen MR) is 90.4 cm³/mol. The summed E-state index contributed by atoms with van der Waals surface area (Å²) in [5.41, 5.74) is 2.45. The molecule has 0 aliphatic heterocycles. The lowest BCUT2D eigenvalue weighted by molar-refractivity contribution is 0.928. The first-order valence-electron chi connectivity index (χ1n) is 6.60. The van der Waals surface area contributed by atoms with Crippen LogP contribution in [0.2, 0.25) is 0 Å². The van der Waals surface area contributed by atoms with Crippen molar-refractivity contribution in [1.82, 2.24) is 0 Å². The second kappa shape index (κ2) is 5.99.